The number of unbranched alkanes of at least 4 members (excludes halogenated alkanes) is 2. The Morgan fingerprint density at radius 3 is 2.13 bits per heavy atom. The van der Waals surface area contributed by atoms with Crippen LogP contribution in [0.15, 0.2) is 4.42 Å². The SMILES string of the molecule is CCCCN(CCCC)C(=O)CCc1oc(C(C)(C)C)nc1C. The van der Waals surface area contributed by atoms with E-state index in [0.717, 1.165) is 56.1 Å². The number of carbonyl (C=O) groups is 1. The molecule has 1 aromatic rings. The van der Waals surface area contributed by atoms with Crippen molar-refractivity contribution < 1.29 is 9.21 Å². The van der Waals surface area contributed by atoms with Crippen LogP contribution in [0.3, 0.4) is 0 Å². The van der Waals surface area contributed by atoms with Gasteiger partial charge in [-0.25, -0.2) is 4.98 Å². The Balaban J connectivity index is 2.64. The summed E-state index contributed by atoms with van der Waals surface area (Å²) >= 11 is 0. The fourth-order valence-electron chi connectivity index (χ4n) is 2.42. The number of rotatable bonds is 9. The molecule has 0 aliphatic rings. The number of nitrogens with zero attached hydrogens (tertiary/aromatic N) is 2. The molecule has 23 heavy (non-hydrogen) atoms. The second kappa shape index (κ2) is 9.09. The van der Waals surface area contributed by atoms with Crippen LogP contribution >= 0.6 is 0 Å². The molecule has 1 heterocycles. The summed E-state index contributed by atoms with van der Waals surface area (Å²) in [6, 6.07) is 0. The lowest BCUT2D eigenvalue weighted by atomic mass is 9.97. The van der Waals surface area contributed by atoms with Crippen molar-refractivity contribution in [2.24, 2.45) is 0 Å². The van der Waals surface area contributed by atoms with Crippen LogP contribution in [0.4, 0.5) is 0 Å². The highest BCUT2D eigenvalue weighted by atomic mass is 16.4. The minimum atomic E-state index is -0.0959. The molecule has 1 aromatic heterocycles. The normalized spacial score (nSPS) is 11.7. The fraction of sp³-hybridized carbons (Fsp3) is 0.789. The number of amides is 1. The van der Waals surface area contributed by atoms with E-state index >= 15 is 0 Å². The molecule has 0 aliphatic heterocycles. The zero-order valence-electron chi connectivity index (χ0n) is 15.9. The van der Waals surface area contributed by atoms with Gasteiger partial charge in [-0.1, -0.05) is 47.5 Å². The minimum Gasteiger partial charge on any atom is -0.445 e. The van der Waals surface area contributed by atoms with Gasteiger partial charge in [-0.15, -0.1) is 0 Å². The monoisotopic (exact) mass is 322 g/mol. The van der Waals surface area contributed by atoms with Gasteiger partial charge >= 0.3 is 0 Å². The van der Waals surface area contributed by atoms with Gasteiger partial charge < -0.3 is 9.32 Å². The highest BCUT2D eigenvalue weighted by Gasteiger charge is 2.23. The molecule has 0 unspecified atom stereocenters. The van der Waals surface area contributed by atoms with Crippen molar-refractivity contribution in [1.29, 1.82) is 0 Å². The lowest BCUT2D eigenvalue weighted by Gasteiger charge is -2.22. The lowest BCUT2D eigenvalue weighted by Crippen LogP contribution is -2.33. The van der Waals surface area contributed by atoms with Gasteiger partial charge in [0.25, 0.3) is 0 Å². The third-order valence-corrected chi connectivity index (χ3v) is 4.02. The molecule has 4 heteroatoms. The quantitative estimate of drug-likeness (QED) is 0.665. The summed E-state index contributed by atoms with van der Waals surface area (Å²) in [6.45, 7) is 14.3. The first-order chi connectivity index (χ1) is 10.8. The van der Waals surface area contributed by atoms with Crippen molar-refractivity contribution >= 4 is 5.91 Å². The van der Waals surface area contributed by atoms with E-state index in [9.17, 15) is 4.79 Å². The fourth-order valence-corrected chi connectivity index (χ4v) is 2.42. The first kappa shape index (κ1) is 19.7. The van der Waals surface area contributed by atoms with E-state index in [1.165, 1.54) is 0 Å². The van der Waals surface area contributed by atoms with Crippen LogP contribution < -0.4 is 0 Å². The van der Waals surface area contributed by atoms with Crippen molar-refractivity contribution in [3.63, 3.8) is 0 Å². The second-order valence-electron chi connectivity index (χ2n) is 7.37. The smallest absolute Gasteiger partial charge is 0.223 e. The summed E-state index contributed by atoms with van der Waals surface area (Å²) in [5.74, 6) is 1.85. The highest BCUT2D eigenvalue weighted by Crippen LogP contribution is 2.24. The molecule has 0 spiro atoms. The number of carbonyl (C=O) groups excluding carboxylic acids is 1. The van der Waals surface area contributed by atoms with Crippen LogP contribution in [-0.2, 0) is 16.6 Å². The summed E-state index contributed by atoms with van der Waals surface area (Å²) in [5.41, 5.74) is 0.817. The Labute approximate surface area is 141 Å². The zero-order chi connectivity index (χ0) is 17.5. The van der Waals surface area contributed by atoms with E-state index < -0.39 is 0 Å². The number of hydrogen-bond donors (Lipinski definition) is 0. The number of aromatic nitrogens is 1. The van der Waals surface area contributed by atoms with Gasteiger partial charge in [0, 0.05) is 31.3 Å². The summed E-state index contributed by atoms with van der Waals surface area (Å²) < 4.78 is 5.89. The number of hydrogen-bond acceptors (Lipinski definition) is 3. The standard InChI is InChI=1S/C19H34N2O2/c1-7-9-13-21(14-10-8-2)17(22)12-11-16-15(3)20-18(23-16)19(4,5)6/h7-14H2,1-6H3. The molecule has 0 N–H and O–H groups in total. The van der Waals surface area contributed by atoms with Crippen LogP contribution in [-0.4, -0.2) is 28.9 Å². The number of aryl methyl sites for hydroxylation is 2. The van der Waals surface area contributed by atoms with Crippen LogP contribution in [0.2, 0.25) is 0 Å². The highest BCUT2D eigenvalue weighted by molar-refractivity contribution is 5.76. The molecule has 132 valence electrons. The van der Waals surface area contributed by atoms with Crippen molar-refractivity contribution in [2.75, 3.05) is 13.1 Å². The van der Waals surface area contributed by atoms with Gasteiger partial charge in [-0.2, -0.15) is 0 Å². The minimum absolute atomic E-state index is 0.0959. The molecule has 0 aromatic carbocycles. The predicted octanol–water partition coefficient (Wildman–Crippen LogP) is 4.64. The van der Waals surface area contributed by atoms with Crippen LogP contribution in [0, 0.1) is 6.92 Å². The maximum atomic E-state index is 12.5. The maximum absolute atomic E-state index is 12.5. The summed E-state index contributed by atoms with van der Waals surface area (Å²) in [5, 5.41) is 0. The third-order valence-electron chi connectivity index (χ3n) is 4.02. The van der Waals surface area contributed by atoms with Gasteiger partial charge in [-0.3, -0.25) is 4.79 Å². The molecule has 0 saturated carbocycles. The summed E-state index contributed by atoms with van der Waals surface area (Å²) in [7, 11) is 0. The summed E-state index contributed by atoms with van der Waals surface area (Å²) in [6.07, 6.45) is 5.53. The van der Waals surface area contributed by atoms with Crippen LogP contribution in [0.5, 0.6) is 0 Å². The lowest BCUT2D eigenvalue weighted by molar-refractivity contribution is -0.131. The van der Waals surface area contributed by atoms with Gasteiger partial charge in [0.2, 0.25) is 5.91 Å². The van der Waals surface area contributed by atoms with Gasteiger partial charge in [-0.05, 0) is 19.8 Å². The first-order valence-electron chi connectivity index (χ1n) is 9.04. The maximum Gasteiger partial charge on any atom is 0.223 e. The van der Waals surface area contributed by atoms with Crippen molar-refractivity contribution in [1.82, 2.24) is 9.88 Å². The molecule has 4 nitrogen and oxygen atoms in total. The molecule has 1 rings (SSSR count). The largest absolute Gasteiger partial charge is 0.445 e. The van der Waals surface area contributed by atoms with E-state index in [0.29, 0.717) is 12.8 Å². The number of oxazole rings is 1. The molecule has 0 bridgehead atoms. The molecular formula is C19H34N2O2. The molecule has 0 fully saturated rings. The topological polar surface area (TPSA) is 46.3 Å². The Morgan fingerprint density at radius 1 is 1.13 bits per heavy atom. The molecule has 0 radical (unpaired) electrons. The Morgan fingerprint density at radius 2 is 1.70 bits per heavy atom. The van der Waals surface area contributed by atoms with E-state index in [4.69, 9.17) is 4.42 Å². The van der Waals surface area contributed by atoms with Crippen molar-refractivity contribution in [3.8, 4) is 0 Å². The predicted molar refractivity (Wildman–Crippen MR) is 94.7 cm³/mol. The first-order valence-corrected chi connectivity index (χ1v) is 9.04. The second-order valence-corrected chi connectivity index (χ2v) is 7.37. The van der Waals surface area contributed by atoms with E-state index in [-0.39, 0.29) is 11.3 Å². The van der Waals surface area contributed by atoms with Gasteiger partial charge in [0.05, 0.1) is 5.69 Å². The van der Waals surface area contributed by atoms with Crippen molar-refractivity contribution in [2.45, 2.75) is 85.5 Å². The molecule has 0 saturated heterocycles. The zero-order valence-corrected chi connectivity index (χ0v) is 15.9. The van der Waals surface area contributed by atoms with Crippen LogP contribution in [0.1, 0.15) is 84.1 Å². The average Bonchev–Trinajstić information content (AvgIpc) is 2.86. The molecular weight excluding hydrogens is 288 g/mol. The average molecular weight is 322 g/mol. The molecule has 1 amide bonds. The Hall–Kier alpha value is -1.32. The van der Waals surface area contributed by atoms with Gasteiger partial charge in [0.15, 0.2) is 5.89 Å². The Kier molecular flexibility index (Phi) is 7.80. The third kappa shape index (κ3) is 6.36. The molecule has 0 atom stereocenters. The van der Waals surface area contributed by atoms with Crippen LogP contribution in [0.25, 0.3) is 0 Å². The molecule has 0 aliphatic carbocycles. The van der Waals surface area contributed by atoms with Crippen molar-refractivity contribution in [3.05, 3.63) is 17.3 Å². The van der Waals surface area contributed by atoms with E-state index in [1.54, 1.807) is 0 Å². The Bertz CT molecular complexity index is 478. The van der Waals surface area contributed by atoms with E-state index in [2.05, 4.69) is 39.6 Å². The van der Waals surface area contributed by atoms with E-state index in [1.807, 2.05) is 11.8 Å². The van der Waals surface area contributed by atoms with Gasteiger partial charge in [0.1, 0.15) is 5.76 Å². The summed E-state index contributed by atoms with van der Waals surface area (Å²) in [4.78, 5) is 19.0.